The Balaban J connectivity index is 2.04. The number of benzene rings is 1. The van der Waals surface area contributed by atoms with Gasteiger partial charge in [0.25, 0.3) is 5.91 Å². The molecule has 0 radical (unpaired) electrons. The number of nitrogens with one attached hydrogen (secondary N) is 1. The molecule has 23 heavy (non-hydrogen) atoms. The van der Waals surface area contributed by atoms with Gasteiger partial charge in [0.15, 0.2) is 0 Å². The van der Waals surface area contributed by atoms with Crippen molar-refractivity contribution in [2.75, 3.05) is 24.8 Å². The molecule has 1 amide bonds. The fourth-order valence-corrected chi connectivity index (χ4v) is 2.08. The first-order valence-corrected chi connectivity index (χ1v) is 7.23. The van der Waals surface area contributed by atoms with Gasteiger partial charge in [-0.1, -0.05) is 0 Å². The van der Waals surface area contributed by atoms with E-state index in [9.17, 15) is 4.79 Å². The first kappa shape index (κ1) is 16.8. The fourth-order valence-electron chi connectivity index (χ4n) is 2.08. The maximum atomic E-state index is 11.5. The first-order valence-electron chi connectivity index (χ1n) is 7.23. The molecule has 0 saturated heterocycles. The molecular formula is C17H21N3O3. The highest BCUT2D eigenvalue weighted by Crippen LogP contribution is 2.26. The van der Waals surface area contributed by atoms with E-state index in [1.807, 2.05) is 32.0 Å². The molecule has 2 aromatic rings. The van der Waals surface area contributed by atoms with Crippen LogP contribution in [0.2, 0.25) is 0 Å². The summed E-state index contributed by atoms with van der Waals surface area (Å²) in [6.45, 7) is 4.31. The summed E-state index contributed by atoms with van der Waals surface area (Å²) < 4.78 is 10.6. The van der Waals surface area contributed by atoms with Crippen LogP contribution >= 0.6 is 0 Å². The number of rotatable bonds is 6. The van der Waals surface area contributed by atoms with Gasteiger partial charge in [-0.25, -0.2) is 4.98 Å². The van der Waals surface area contributed by atoms with E-state index in [-0.39, 0.29) is 12.5 Å². The third kappa shape index (κ3) is 4.43. The van der Waals surface area contributed by atoms with E-state index in [1.54, 1.807) is 12.3 Å². The molecule has 1 aromatic heterocycles. The lowest BCUT2D eigenvalue weighted by Gasteiger charge is -2.13. The minimum absolute atomic E-state index is 0.00762. The summed E-state index contributed by atoms with van der Waals surface area (Å²) in [7, 11) is 1.47. The Kier molecular flexibility index (Phi) is 5.54. The van der Waals surface area contributed by atoms with Crippen molar-refractivity contribution in [1.29, 1.82) is 0 Å². The van der Waals surface area contributed by atoms with Gasteiger partial charge in [0, 0.05) is 19.0 Å². The van der Waals surface area contributed by atoms with Gasteiger partial charge in [0.1, 0.15) is 24.8 Å². The standard InChI is InChI=1S/C17H21N3O3/c1-11-12(2)15(5-4-14(11)18)23-9-13-6-7-19-16(8-13)20-17(21)10-22-3/h4-8H,9-10,18H2,1-3H3,(H,19,20,21). The van der Waals surface area contributed by atoms with Crippen molar-refractivity contribution in [2.24, 2.45) is 0 Å². The number of amides is 1. The molecule has 1 heterocycles. The molecule has 6 nitrogen and oxygen atoms in total. The monoisotopic (exact) mass is 315 g/mol. The number of hydrogen-bond acceptors (Lipinski definition) is 5. The number of nitrogens with zero attached hydrogens (tertiary/aromatic N) is 1. The summed E-state index contributed by atoms with van der Waals surface area (Å²) in [6, 6.07) is 7.30. The molecule has 0 unspecified atom stereocenters. The molecule has 1 aromatic carbocycles. The summed E-state index contributed by atoms with van der Waals surface area (Å²) in [5, 5.41) is 2.66. The van der Waals surface area contributed by atoms with E-state index in [0.717, 1.165) is 28.1 Å². The van der Waals surface area contributed by atoms with Gasteiger partial charge in [-0.2, -0.15) is 0 Å². The summed E-state index contributed by atoms with van der Waals surface area (Å²) in [4.78, 5) is 15.6. The molecule has 0 aliphatic carbocycles. The summed E-state index contributed by atoms with van der Waals surface area (Å²) >= 11 is 0. The Hall–Kier alpha value is -2.60. The number of hydrogen-bond donors (Lipinski definition) is 2. The van der Waals surface area contributed by atoms with Crippen LogP contribution in [0.3, 0.4) is 0 Å². The maximum absolute atomic E-state index is 11.5. The predicted molar refractivity (Wildman–Crippen MR) is 89.4 cm³/mol. The van der Waals surface area contributed by atoms with E-state index in [1.165, 1.54) is 7.11 Å². The highest BCUT2D eigenvalue weighted by molar-refractivity contribution is 5.90. The van der Waals surface area contributed by atoms with Crippen LogP contribution in [0.25, 0.3) is 0 Å². The zero-order valence-corrected chi connectivity index (χ0v) is 13.6. The number of carbonyl (C=O) groups excluding carboxylic acids is 1. The first-order chi connectivity index (χ1) is 11.0. The minimum Gasteiger partial charge on any atom is -0.489 e. The van der Waals surface area contributed by atoms with Crippen LogP contribution in [0, 0.1) is 13.8 Å². The van der Waals surface area contributed by atoms with Crippen LogP contribution in [0.4, 0.5) is 11.5 Å². The number of methoxy groups -OCH3 is 1. The van der Waals surface area contributed by atoms with Crippen molar-refractivity contribution in [3.05, 3.63) is 47.2 Å². The molecule has 0 spiro atoms. The number of ether oxygens (including phenoxy) is 2. The van der Waals surface area contributed by atoms with Crippen molar-refractivity contribution in [3.8, 4) is 5.75 Å². The fraction of sp³-hybridized carbons (Fsp3) is 0.294. The van der Waals surface area contributed by atoms with Crippen LogP contribution in [-0.4, -0.2) is 24.6 Å². The second-order valence-corrected chi connectivity index (χ2v) is 5.22. The Labute approximate surface area is 135 Å². The molecule has 3 N–H and O–H groups in total. The second kappa shape index (κ2) is 7.60. The number of pyridine rings is 1. The van der Waals surface area contributed by atoms with E-state index in [2.05, 4.69) is 10.3 Å². The molecule has 0 fully saturated rings. The Morgan fingerprint density at radius 3 is 2.78 bits per heavy atom. The van der Waals surface area contributed by atoms with Crippen molar-refractivity contribution < 1.29 is 14.3 Å². The van der Waals surface area contributed by atoms with Crippen LogP contribution in [-0.2, 0) is 16.1 Å². The van der Waals surface area contributed by atoms with Crippen LogP contribution in [0.5, 0.6) is 5.75 Å². The van der Waals surface area contributed by atoms with Crippen molar-refractivity contribution in [1.82, 2.24) is 4.98 Å². The number of nitrogen functional groups attached to an aromatic ring is 1. The van der Waals surface area contributed by atoms with Crippen LogP contribution in [0.15, 0.2) is 30.5 Å². The number of aromatic nitrogens is 1. The van der Waals surface area contributed by atoms with Gasteiger partial charge >= 0.3 is 0 Å². The van der Waals surface area contributed by atoms with Crippen LogP contribution < -0.4 is 15.8 Å². The quantitative estimate of drug-likeness (QED) is 0.800. The third-order valence-electron chi connectivity index (χ3n) is 3.54. The summed E-state index contributed by atoms with van der Waals surface area (Å²) in [5.74, 6) is 1.01. The van der Waals surface area contributed by atoms with Crippen molar-refractivity contribution in [2.45, 2.75) is 20.5 Å². The third-order valence-corrected chi connectivity index (χ3v) is 3.54. The van der Waals surface area contributed by atoms with Crippen molar-refractivity contribution in [3.63, 3.8) is 0 Å². The molecule has 0 bridgehead atoms. The van der Waals surface area contributed by atoms with E-state index < -0.39 is 0 Å². The molecular weight excluding hydrogens is 294 g/mol. The summed E-state index contributed by atoms with van der Waals surface area (Å²) in [5.41, 5.74) is 9.57. The molecule has 6 heteroatoms. The Bertz CT molecular complexity index is 701. The second-order valence-electron chi connectivity index (χ2n) is 5.22. The van der Waals surface area contributed by atoms with E-state index in [4.69, 9.17) is 15.2 Å². The normalized spacial score (nSPS) is 10.4. The molecule has 0 atom stereocenters. The van der Waals surface area contributed by atoms with E-state index in [0.29, 0.717) is 12.4 Å². The van der Waals surface area contributed by atoms with Gasteiger partial charge in [0.2, 0.25) is 0 Å². The topological polar surface area (TPSA) is 86.5 Å². The number of carbonyl (C=O) groups is 1. The number of anilines is 2. The van der Waals surface area contributed by atoms with Gasteiger partial charge in [-0.05, 0) is 54.8 Å². The Morgan fingerprint density at radius 2 is 2.04 bits per heavy atom. The zero-order valence-electron chi connectivity index (χ0n) is 13.6. The molecule has 0 saturated carbocycles. The predicted octanol–water partition coefficient (Wildman–Crippen LogP) is 2.44. The Morgan fingerprint density at radius 1 is 1.26 bits per heavy atom. The SMILES string of the molecule is COCC(=O)Nc1cc(COc2ccc(N)c(C)c2C)ccn1. The molecule has 2 rings (SSSR count). The highest BCUT2D eigenvalue weighted by Gasteiger charge is 2.07. The molecule has 0 aliphatic heterocycles. The smallest absolute Gasteiger partial charge is 0.251 e. The lowest BCUT2D eigenvalue weighted by Crippen LogP contribution is -2.18. The van der Waals surface area contributed by atoms with Gasteiger partial charge in [-0.3, -0.25) is 4.79 Å². The van der Waals surface area contributed by atoms with Gasteiger partial charge < -0.3 is 20.5 Å². The number of nitrogens with two attached hydrogens (primary N) is 1. The minimum atomic E-state index is -0.247. The summed E-state index contributed by atoms with van der Waals surface area (Å²) in [6.07, 6.45) is 1.63. The van der Waals surface area contributed by atoms with Gasteiger partial charge in [0.05, 0.1) is 0 Å². The average Bonchev–Trinajstić information content (AvgIpc) is 2.52. The van der Waals surface area contributed by atoms with Crippen molar-refractivity contribution >= 4 is 17.4 Å². The lowest BCUT2D eigenvalue weighted by atomic mass is 10.1. The largest absolute Gasteiger partial charge is 0.489 e. The molecule has 122 valence electrons. The highest BCUT2D eigenvalue weighted by atomic mass is 16.5. The zero-order chi connectivity index (χ0) is 16.8. The average molecular weight is 315 g/mol. The van der Waals surface area contributed by atoms with Gasteiger partial charge in [-0.15, -0.1) is 0 Å². The molecule has 0 aliphatic rings. The van der Waals surface area contributed by atoms with Crippen LogP contribution in [0.1, 0.15) is 16.7 Å². The lowest BCUT2D eigenvalue weighted by molar-refractivity contribution is -0.119. The van der Waals surface area contributed by atoms with E-state index >= 15 is 0 Å². The maximum Gasteiger partial charge on any atom is 0.251 e.